The largest absolute Gasteiger partial charge is 0.457 e. The number of rotatable bonds is 15. The maximum absolute atomic E-state index is 11.2. The van der Waals surface area contributed by atoms with Gasteiger partial charge in [0.1, 0.15) is 18.3 Å². The fraction of sp³-hybridized carbons (Fsp3) is 0.500. The molecule has 0 aromatic carbocycles. The van der Waals surface area contributed by atoms with Crippen molar-refractivity contribution >= 4 is 26.5 Å². The van der Waals surface area contributed by atoms with E-state index in [-0.39, 0.29) is 19.8 Å². The third-order valence-electron chi connectivity index (χ3n) is 2.70. The zero-order chi connectivity index (χ0) is 21.5. The number of hydrogen-bond acceptors (Lipinski definition) is 9. The number of carbonyl (C=O) groups excluding carboxylic acids is 3. The van der Waals surface area contributed by atoms with E-state index in [2.05, 4.69) is 19.7 Å². The van der Waals surface area contributed by atoms with Gasteiger partial charge in [0, 0.05) is 18.2 Å². The van der Waals surface area contributed by atoms with Crippen molar-refractivity contribution in [2.75, 3.05) is 19.8 Å². The molecule has 0 fully saturated rings. The highest BCUT2D eigenvalue weighted by Crippen LogP contribution is 2.40. The Hall–Kier alpha value is -2.06. The van der Waals surface area contributed by atoms with E-state index in [1.807, 2.05) is 0 Å². The van der Waals surface area contributed by atoms with Gasteiger partial charge in [-0.15, -0.1) is 0 Å². The lowest BCUT2D eigenvalue weighted by atomic mass is 10.4. The Morgan fingerprint density at radius 3 is 1.14 bits per heavy atom. The minimum absolute atomic E-state index is 0.00701. The second-order valence-corrected chi connectivity index (χ2v) is 6.69. The summed E-state index contributed by atoms with van der Waals surface area (Å²) in [5.74, 6) is -1.76. The summed E-state index contributed by atoms with van der Waals surface area (Å²) >= 11 is 0. The fourth-order valence-electron chi connectivity index (χ4n) is 1.45. The molecular weight excluding hydrogens is 391 g/mol. The van der Waals surface area contributed by atoms with Gasteiger partial charge in [-0.2, -0.15) is 0 Å². The minimum atomic E-state index is -1.90. The quantitative estimate of drug-likeness (QED) is 0.172. The maximum atomic E-state index is 11.2. The fourth-order valence-corrected chi connectivity index (χ4v) is 2.67. The molecule has 28 heavy (non-hydrogen) atoms. The highest BCUT2D eigenvalue weighted by Gasteiger charge is 2.20. The Labute approximate surface area is 166 Å². The number of carbonyl (C=O) groups is 3. The van der Waals surface area contributed by atoms with Gasteiger partial charge in [0.25, 0.3) is 0 Å². The van der Waals surface area contributed by atoms with Gasteiger partial charge in [-0.1, -0.05) is 19.7 Å². The molecule has 0 N–H and O–H groups in total. The van der Waals surface area contributed by atoms with Crippen molar-refractivity contribution in [3.05, 3.63) is 38.0 Å². The van der Waals surface area contributed by atoms with Crippen molar-refractivity contribution in [2.24, 2.45) is 0 Å². The Kier molecular flexibility index (Phi) is 13.8. The summed E-state index contributed by atoms with van der Waals surface area (Å²) in [4.78, 5) is 33.6. The van der Waals surface area contributed by atoms with E-state index in [1.165, 1.54) is 0 Å². The molecule has 0 bridgehead atoms. The summed E-state index contributed by atoms with van der Waals surface area (Å²) < 4.78 is 31.5. The van der Waals surface area contributed by atoms with Gasteiger partial charge in [0.15, 0.2) is 0 Å². The van der Waals surface area contributed by atoms with E-state index in [4.69, 9.17) is 27.8 Å². The van der Waals surface area contributed by atoms with E-state index >= 15 is 0 Å². The lowest BCUT2D eigenvalue weighted by Crippen LogP contribution is -2.22. The zero-order valence-electron chi connectivity index (χ0n) is 16.3. The predicted octanol–water partition coefficient (Wildman–Crippen LogP) is 2.62. The number of hydrogen-bond donors (Lipinski definition) is 0. The Morgan fingerprint density at radius 2 is 0.929 bits per heavy atom. The topological polar surface area (TPSA) is 107 Å². The average Bonchev–Trinajstić information content (AvgIpc) is 2.66. The third-order valence-corrected chi connectivity index (χ3v) is 3.78. The van der Waals surface area contributed by atoms with Crippen molar-refractivity contribution in [1.82, 2.24) is 0 Å². The van der Waals surface area contributed by atoms with Crippen molar-refractivity contribution in [2.45, 2.75) is 39.1 Å². The van der Waals surface area contributed by atoms with Crippen LogP contribution in [0.25, 0.3) is 0 Å². The van der Waals surface area contributed by atoms with Crippen LogP contribution in [0.4, 0.5) is 0 Å². The molecule has 0 aromatic rings. The highest BCUT2D eigenvalue weighted by atomic mass is 31.2. The predicted molar refractivity (Wildman–Crippen MR) is 102 cm³/mol. The van der Waals surface area contributed by atoms with Crippen LogP contribution < -0.4 is 0 Å². The first-order valence-electron chi connectivity index (χ1n) is 8.39. The number of ether oxygens (including phenoxy) is 3. The van der Waals surface area contributed by atoms with Crippen LogP contribution in [0, 0.1) is 0 Å². The summed E-state index contributed by atoms with van der Waals surface area (Å²) in [6.07, 6.45) is 1.39. The molecular formula is C18H27O9P. The SMILES string of the molecule is C=CC(=O)OC(C)COP(OCC(C)OC(=O)C=C)OCC(C)OC(=O)C=C. The van der Waals surface area contributed by atoms with Gasteiger partial charge >= 0.3 is 26.5 Å². The van der Waals surface area contributed by atoms with Gasteiger partial charge < -0.3 is 27.8 Å². The molecule has 0 amide bonds. The van der Waals surface area contributed by atoms with Crippen LogP contribution in [-0.2, 0) is 42.2 Å². The first-order chi connectivity index (χ1) is 13.2. The maximum Gasteiger partial charge on any atom is 0.333 e. The molecule has 0 aliphatic heterocycles. The molecule has 0 rings (SSSR count). The molecule has 0 aliphatic carbocycles. The summed E-state index contributed by atoms with van der Waals surface area (Å²) in [5.41, 5.74) is 0. The Balaban J connectivity index is 4.62. The summed E-state index contributed by atoms with van der Waals surface area (Å²) in [6.45, 7) is 14.8. The Bertz CT molecular complexity index is 473. The van der Waals surface area contributed by atoms with Crippen LogP contribution in [0.5, 0.6) is 0 Å². The highest BCUT2D eigenvalue weighted by molar-refractivity contribution is 7.41. The second-order valence-electron chi connectivity index (χ2n) is 5.47. The van der Waals surface area contributed by atoms with Crippen LogP contribution in [0.3, 0.4) is 0 Å². The average molecular weight is 418 g/mol. The monoisotopic (exact) mass is 418 g/mol. The van der Waals surface area contributed by atoms with E-state index in [0.29, 0.717) is 0 Å². The van der Waals surface area contributed by atoms with Crippen molar-refractivity contribution in [3.63, 3.8) is 0 Å². The zero-order valence-corrected chi connectivity index (χ0v) is 17.2. The lowest BCUT2D eigenvalue weighted by molar-refractivity contribution is -0.143. The summed E-state index contributed by atoms with van der Waals surface area (Å²) in [6, 6.07) is 0. The van der Waals surface area contributed by atoms with Crippen molar-refractivity contribution in [3.8, 4) is 0 Å². The van der Waals surface area contributed by atoms with Crippen molar-refractivity contribution in [1.29, 1.82) is 0 Å². The molecule has 0 saturated carbocycles. The van der Waals surface area contributed by atoms with Crippen LogP contribution in [0.2, 0.25) is 0 Å². The van der Waals surface area contributed by atoms with Crippen LogP contribution in [0.1, 0.15) is 20.8 Å². The van der Waals surface area contributed by atoms with Gasteiger partial charge in [-0.25, -0.2) is 14.4 Å². The molecule has 0 radical (unpaired) electrons. The lowest BCUT2D eigenvalue weighted by Gasteiger charge is -2.22. The third kappa shape index (κ3) is 13.2. The van der Waals surface area contributed by atoms with Crippen molar-refractivity contribution < 1.29 is 42.2 Å². The molecule has 9 nitrogen and oxygen atoms in total. The van der Waals surface area contributed by atoms with Gasteiger partial charge in [-0.05, 0) is 20.8 Å². The number of esters is 3. The second kappa shape index (κ2) is 14.9. The summed E-state index contributed by atoms with van der Waals surface area (Å²) in [5, 5.41) is 0. The molecule has 0 aliphatic rings. The Morgan fingerprint density at radius 1 is 0.679 bits per heavy atom. The molecule has 0 saturated heterocycles. The molecule has 3 unspecified atom stereocenters. The molecule has 158 valence electrons. The van der Waals surface area contributed by atoms with Gasteiger partial charge in [0.2, 0.25) is 0 Å². The van der Waals surface area contributed by atoms with E-state index < -0.39 is 44.8 Å². The van der Waals surface area contributed by atoms with E-state index in [1.54, 1.807) is 20.8 Å². The van der Waals surface area contributed by atoms with E-state index in [0.717, 1.165) is 18.2 Å². The minimum Gasteiger partial charge on any atom is -0.457 e. The van der Waals surface area contributed by atoms with E-state index in [9.17, 15) is 14.4 Å². The smallest absolute Gasteiger partial charge is 0.333 e. The standard InChI is InChI=1S/C18H27O9P/c1-7-16(19)25-13(4)10-22-28(23-11-14(5)26-17(20)8-2)24-12-15(6)27-18(21)9-3/h7-9,13-15H,1-3,10-12H2,4-6H3. The van der Waals surface area contributed by atoms with Crippen LogP contribution in [0.15, 0.2) is 38.0 Å². The first-order valence-corrected chi connectivity index (χ1v) is 9.49. The molecule has 0 heterocycles. The van der Waals surface area contributed by atoms with Crippen LogP contribution >= 0.6 is 8.60 Å². The molecule has 3 atom stereocenters. The molecule has 0 aromatic heterocycles. The normalized spacial score (nSPS) is 14.7. The van der Waals surface area contributed by atoms with Gasteiger partial charge in [-0.3, -0.25) is 0 Å². The van der Waals surface area contributed by atoms with Gasteiger partial charge in [0.05, 0.1) is 19.8 Å². The van der Waals surface area contributed by atoms with Crippen LogP contribution in [-0.4, -0.2) is 56.0 Å². The summed E-state index contributed by atoms with van der Waals surface area (Å²) in [7, 11) is -1.90. The molecule has 0 spiro atoms. The first kappa shape index (κ1) is 25.9. The molecule has 10 heteroatoms.